The molecule has 2 aromatic rings. The summed E-state index contributed by atoms with van der Waals surface area (Å²) in [6, 6.07) is 7.05. The van der Waals surface area contributed by atoms with Crippen molar-refractivity contribution in [1.29, 1.82) is 0 Å². The monoisotopic (exact) mass is 500 g/mol. The van der Waals surface area contributed by atoms with Crippen LogP contribution in [0.25, 0.3) is 0 Å². The fourth-order valence-electron chi connectivity index (χ4n) is 4.29. The van der Waals surface area contributed by atoms with E-state index < -0.39 is 30.3 Å². The number of carbonyl (C=O) groups is 3. The molecule has 10 heteroatoms. The first-order chi connectivity index (χ1) is 17.2. The zero-order chi connectivity index (χ0) is 26.2. The number of hydrogen-bond acceptors (Lipinski definition) is 7. The van der Waals surface area contributed by atoms with E-state index in [4.69, 9.17) is 9.15 Å². The van der Waals surface area contributed by atoms with Gasteiger partial charge in [-0.15, -0.1) is 0 Å². The van der Waals surface area contributed by atoms with Crippen LogP contribution < -0.4 is 10.6 Å². The van der Waals surface area contributed by atoms with E-state index in [2.05, 4.69) is 15.6 Å². The van der Waals surface area contributed by atoms with E-state index in [1.165, 1.54) is 17.4 Å². The third kappa shape index (κ3) is 6.84. The minimum absolute atomic E-state index is 0.0872. The van der Waals surface area contributed by atoms with Gasteiger partial charge < -0.3 is 29.8 Å². The van der Waals surface area contributed by atoms with E-state index in [0.717, 1.165) is 5.56 Å². The molecule has 196 valence electrons. The van der Waals surface area contributed by atoms with Gasteiger partial charge in [-0.3, -0.25) is 9.59 Å². The number of aliphatic hydroxyl groups is 1. The molecule has 2 heterocycles. The fourth-order valence-corrected chi connectivity index (χ4v) is 4.29. The molecular formula is C26H36N4O6. The minimum atomic E-state index is -1.13. The Bertz CT molecular complexity index is 995. The molecule has 1 unspecified atom stereocenters. The van der Waals surface area contributed by atoms with Crippen LogP contribution in [0.5, 0.6) is 0 Å². The summed E-state index contributed by atoms with van der Waals surface area (Å²) in [6.45, 7) is 7.88. The molecule has 3 N–H and O–H groups in total. The van der Waals surface area contributed by atoms with Gasteiger partial charge in [0, 0.05) is 6.54 Å². The van der Waals surface area contributed by atoms with E-state index in [1.807, 2.05) is 58.0 Å². The maximum atomic E-state index is 13.5. The van der Waals surface area contributed by atoms with Crippen LogP contribution in [-0.4, -0.2) is 57.6 Å². The van der Waals surface area contributed by atoms with E-state index in [9.17, 15) is 19.5 Å². The summed E-state index contributed by atoms with van der Waals surface area (Å²) < 4.78 is 10.5. The summed E-state index contributed by atoms with van der Waals surface area (Å²) >= 11 is 0. The van der Waals surface area contributed by atoms with Crippen molar-refractivity contribution in [2.75, 3.05) is 6.54 Å². The van der Waals surface area contributed by atoms with Gasteiger partial charge in [0.1, 0.15) is 25.0 Å². The molecule has 4 atom stereocenters. The maximum Gasteiger partial charge on any atom is 0.408 e. The van der Waals surface area contributed by atoms with Gasteiger partial charge in [-0.05, 0) is 30.2 Å². The van der Waals surface area contributed by atoms with Crippen molar-refractivity contribution < 1.29 is 28.6 Å². The Morgan fingerprint density at radius 1 is 1.14 bits per heavy atom. The predicted octanol–water partition coefficient (Wildman–Crippen LogP) is 2.79. The first-order valence-electron chi connectivity index (χ1n) is 12.3. The largest absolute Gasteiger partial charge is 0.446 e. The van der Waals surface area contributed by atoms with E-state index in [0.29, 0.717) is 19.4 Å². The fraction of sp³-hybridized carbons (Fsp3) is 0.538. The zero-order valence-corrected chi connectivity index (χ0v) is 21.2. The van der Waals surface area contributed by atoms with E-state index >= 15 is 0 Å². The average molecular weight is 501 g/mol. The standard InChI is InChI=1S/C26H36N4O6/c1-16(2)20(22(31)24-27-12-14-35-24)28-23(32)19-11-8-13-30(19)25(33)21(17(3)4)29-26(34)36-15-18-9-6-5-7-10-18/h5-7,9-10,12,14,16-17,19-22,31H,8,11,13,15H2,1-4H3,(H,28,32)(H,29,34)/t19-,20-,21-,22?/m0/s1. The van der Waals surface area contributed by atoms with Crippen molar-refractivity contribution in [3.63, 3.8) is 0 Å². The van der Waals surface area contributed by atoms with Crippen LogP contribution in [0.1, 0.15) is 58.1 Å². The molecule has 1 fully saturated rings. The summed E-state index contributed by atoms with van der Waals surface area (Å²) in [7, 11) is 0. The van der Waals surface area contributed by atoms with Gasteiger partial charge >= 0.3 is 6.09 Å². The van der Waals surface area contributed by atoms with Crippen molar-refractivity contribution in [1.82, 2.24) is 20.5 Å². The Balaban J connectivity index is 1.64. The number of likely N-dealkylation sites (tertiary alicyclic amines) is 1. The maximum absolute atomic E-state index is 13.5. The average Bonchev–Trinajstić information content (AvgIpc) is 3.56. The highest BCUT2D eigenvalue weighted by Gasteiger charge is 2.40. The summed E-state index contributed by atoms with van der Waals surface area (Å²) in [5, 5.41) is 16.2. The molecule has 1 aliphatic heterocycles. The smallest absolute Gasteiger partial charge is 0.408 e. The number of hydrogen-bond donors (Lipinski definition) is 3. The molecule has 0 spiro atoms. The highest BCUT2D eigenvalue weighted by molar-refractivity contribution is 5.92. The lowest BCUT2D eigenvalue weighted by molar-refractivity contribution is -0.141. The van der Waals surface area contributed by atoms with Crippen LogP contribution in [0.4, 0.5) is 4.79 Å². The number of alkyl carbamates (subject to hydrolysis) is 1. The first-order valence-corrected chi connectivity index (χ1v) is 12.3. The van der Waals surface area contributed by atoms with Crippen LogP contribution in [-0.2, 0) is 20.9 Å². The summed E-state index contributed by atoms with van der Waals surface area (Å²) in [5.41, 5.74) is 0.836. The lowest BCUT2D eigenvalue weighted by Gasteiger charge is -2.32. The number of ether oxygens (including phenoxy) is 1. The van der Waals surface area contributed by atoms with Crippen molar-refractivity contribution in [2.24, 2.45) is 11.8 Å². The molecule has 0 saturated carbocycles. The van der Waals surface area contributed by atoms with Gasteiger partial charge in [-0.1, -0.05) is 58.0 Å². The Morgan fingerprint density at radius 3 is 2.47 bits per heavy atom. The third-order valence-electron chi connectivity index (χ3n) is 6.33. The SMILES string of the molecule is CC(C)[C@H](NC(=O)[C@@H]1CCCN1C(=O)[C@@H](NC(=O)OCc1ccccc1)C(C)C)C(O)c1ncco1. The second kappa shape index (κ2) is 12.5. The minimum Gasteiger partial charge on any atom is -0.446 e. The molecule has 1 aliphatic rings. The van der Waals surface area contributed by atoms with Gasteiger partial charge in [0.05, 0.1) is 12.2 Å². The number of oxazole rings is 1. The van der Waals surface area contributed by atoms with Crippen molar-refractivity contribution >= 4 is 17.9 Å². The van der Waals surface area contributed by atoms with Gasteiger partial charge in [-0.25, -0.2) is 9.78 Å². The van der Waals surface area contributed by atoms with Crippen molar-refractivity contribution in [2.45, 2.75) is 71.4 Å². The van der Waals surface area contributed by atoms with Gasteiger partial charge in [-0.2, -0.15) is 0 Å². The summed E-state index contributed by atoms with van der Waals surface area (Å²) in [6.07, 6.45) is 2.11. The number of amides is 3. The number of aliphatic hydroxyl groups excluding tert-OH is 1. The lowest BCUT2D eigenvalue weighted by Crippen LogP contribution is -2.56. The summed E-state index contributed by atoms with van der Waals surface area (Å²) in [5.74, 6) is -0.924. The molecule has 0 radical (unpaired) electrons. The van der Waals surface area contributed by atoms with Gasteiger partial charge in [0.2, 0.25) is 17.7 Å². The van der Waals surface area contributed by atoms with E-state index in [-0.39, 0.29) is 36.1 Å². The Morgan fingerprint density at radius 2 is 1.86 bits per heavy atom. The summed E-state index contributed by atoms with van der Waals surface area (Å²) in [4.78, 5) is 44.6. The molecule has 0 bridgehead atoms. The number of rotatable bonds is 10. The molecule has 1 aromatic heterocycles. The highest BCUT2D eigenvalue weighted by Crippen LogP contribution is 2.24. The Hall–Kier alpha value is -3.40. The number of benzene rings is 1. The molecule has 3 amide bonds. The third-order valence-corrected chi connectivity index (χ3v) is 6.33. The van der Waals surface area contributed by atoms with Crippen molar-refractivity contribution in [3.8, 4) is 0 Å². The lowest BCUT2D eigenvalue weighted by atomic mass is 9.97. The first kappa shape index (κ1) is 27.2. The molecule has 1 saturated heterocycles. The van der Waals surface area contributed by atoms with Crippen LogP contribution in [0.15, 0.2) is 47.2 Å². The molecule has 3 rings (SSSR count). The molecule has 1 aromatic carbocycles. The second-order valence-corrected chi connectivity index (χ2v) is 9.71. The van der Waals surface area contributed by atoms with E-state index in [1.54, 1.807) is 0 Å². The molecular weight excluding hydrogens is 464 g/mol. The number of nitrogens with one attached hydrogen (secondary N) is 2. The molecule has 0 aliphatic carbocycles. The van der Waals surface area contributed by atoms with Crippen LogP contribution in [0.2, 0.25) is 0 Å². The van der Waals surface area contributed by atoms with Gasteiger partial charge in [0.15, 0.2) is 6.10 Å². The number of nitrogens with zero attached hydrogens (tertiary/aromatic N) is 2. The van der Waals surface area contributed by atoms with Crippen LogP contribution in [0.3, 0.4) is 0 Å². The van der Waals surface area contributed by atoms with Crippen LogP contribution in [0, 0.1) is 11.8 Å². The molecule has 10 nitrogen and oxygen atoms in total. The quantitative estimate of drug-likeness (QED) is 0.457. The Kier molecular flexibility index (Phi) is 9.46. The van der Waals surface area contributed by atoms with Crippen LogP contribution >= 0.6 is 0 Å². The number of carbonyl (C=O) groups excluding carboxylic acids is 3. The topological polar surface area (TPSA) is 134 Å². The second-order valence-electron chi connectivity index (χ2n) is 9.71. The molecule has 36 heavy (non-hydrogen) atoms. The zero-order valence-electron chi connectivity index (χ0n) is 21.2. The predicted molar refractivity (Wildman–Crippen MR) is 131 cm³/mol. The number of aromatic nitrogens is 1. The van der Waals surface area contributed by atoms with Crippen molar-refractivity contribution in [3.05, 3.63) is 54.2 Å². The normalized spacial score (nSPS) is 18.1. The Labute approximate surface area is 211 Å². The highest BCUT2D eigenvalue weighted by atomic mass is 16.5. The van der Waals surface area contributed by atoms with Gasteiger partial charge in [0.25, 0.3) is 0 Å².